The standard InChI is InChI=1S/C44H36/c1-4-12-29(13-5-1)32-20-23-36-41-27-34(22-25-39(41)44(42(36)28-32)31-16-8-3-9-17-31)33-21-24-38-40(26-33)35-18-10-11-19-37(35)43(38)30-14-6-2-7-15-30/h1-10,12-18,20-28,36,39,41-44H,11,19H2. The summed E-state index contributed by atoms with van der Waals surface area (Å²) in [7, 11) is 0. The molecule has 4 aromatic carbocycles. The summed E-state index contributed by atoms with van der Waals surface area (Å²) >= 11 is 0. The van der Waals surface area contributed by atoms with Crippen LogP contribution in [0.4, 0.5) is 0 Å². The van der Waals surface area contributed by atoms with Crippen LogP contribution in [-0.2, 0) is 0 Å². The molecule has 0 radical (unpaired) electrons. The zero-order valence-corrected chi connectivity index (χ0v) is 24.9. The number of allylic oxidation sites excluding steroid dienone is 12. The first kappa shape index (κ1) is 25.8. The molecule has 212 valence electrons. The first-order valence-corrected chi connectivity index (χ1v) is 16.3. The molecule has 0 bridgehead atoms. The van der Waals surface area contributed by atoms with Crippen molar-refractivity contribution in [2.45, 2.75) is 24.7 Å². The molecule has 0 heterocycles. The molecule has 9 rings (SSSR count). The third-order valence-corrected chi connectivity index (χ3v) is 10.9. The summed E-state index contributed by atoms with van der Waals surface area (Å²) in [5.74, 6) is 2.77. The van der Waals surface area contributed by atoms with Gasteiger partial charge in [0.25, 0.3) is 0 Å². The molecule has 1 saturated carbocycles. The van der Waals surface area contributed by atoms with E-state index in [0.717, 1.165) is 12.8 Å². The first-order chi connectivity index (χ1) is 21.8. The van der Waals surface area contributed by atoms with Gasteiger partial charge in [0, 0.05) is 5.92 Å². The van der Waals surface area contributed by atoms with Crippen LogP contribution >= 0.6 is 0 Å². The van der Waals surface area contributed by atoms with Crippen LogP contribution in [0.3, 0.4) is 0 Å². The van der Waals surface area contributed by atoms with Gasteiger partial charge in [-0.05, 0) is 98.6 Å². The van der Waals surface area contributed by atoms with Crippen LogP contribution in [-0.4, -0.2) is 0 Å². The minimum absolute atomic E-state index is 0.376. The van der Waals surface area contributed by atoms with E-state index < -0.39 is 0 Å². The predicted molar refractivity (Wildman–Crippen MR) is 184 cm³/mol. The third kappa shape index (κ3) is 4.12. The highest BCUT2D eigenvalue weighted by atomic mass is 14.5. The molecule has 1 fully saturated rings. The van der Waals surface area contributed by atoms with Gasteiger partial charge in [-0.1, -0.05) is 157 Å². The van der Waals surface area contributed by atoms with Crippen LogP contribution < -0.4 is 0 Å². The molecule has 0 aliphatic heterocycles. The third-order valence-electron chi connectivity index (χ3n) is 10.9. The molecule has 4 aromatic rings. The number of fused-ring (bicyclic) bond motifs is 5. The van der Waals surface area contributed by atoms with E-state index in [9.17, 15) is 0 Å². The molecular weight excluding hydrogens is 528 g/mol. The van der Waals surface area contributed by atoms with Crippen LogP contribution in [0.1, 0.15) is 58.1 Å². The van der Waals surface area contributed by atoms with Gasteiger partial charge in [-0.15, -0.1) is 0 Å². The van der Waals surface area contributed by atoms with Gasteiger partial charge < -0.3 is 0 Å². The van der Waals surface area contributed by atoms with Crippen LogP contribution in [0.5, 0.6) is 0 Å². The molecule has 0 nitrogen and oxygen atoms in total. The summed E-state index contributed by atoms with van der Waals surface area (Å²) in [5.41, 5.74) is 14.2. The van der Waals surface area contributed by atoms with E-state index in [4.69, 9.17) is 0 Å². The summed E-state index contributed by atoms with van der Waals surface area (Å²) in [6, 6.07) is 40.6. The van der Waals surface area contributed by atoms with Crippen molar-refractivity contribution in [1.29, 1.82) is 0 Å². The van der Waals surface area contributed by atoms with Gasteiger partial charge in [-0.25, -0.2) is 0 Å². The normalized spacial score (nSPS) is 27.7. The Kier molecular flexibility index (Phi) is 6.15. The van der Waals surface area contributed by atoms with Crippen molar-refractivity contribution in [3.63, 3.8) is 0 Å². The van der Waals surface area contributed by atoms with Gasteiger partial charge in [0.2, 0.25) is 0 Å². The van der Waals surface area contributed by atoms with E-state index in [2.05, 4.69) is 158 Å². The lowest BCUT2D eigenvalue weighted by Crippen LogP contribution is -2.16. The maximum absolute atomic E-state index is 2.62. The summed E-state index contributed by atoms with van der Waals surface area (Å²) in [4.78, 5) is 0. The van der Waals surface area contributed by atoms with Gasteiger partial charge in [-0.2, -0.15) is 0 Å². The van der Waals surface area contributed by atoms with E-state index in [-0.39, 0.29) is 0 Å². The predicted octanol–water partition coefficient (Wildman–Crippen LogP) is 10.8. The number of hydrogen-bond acceptors (Lipinski definition) is 0. The second-order valence-electron chi connectivity index (χ2n) is 13.1. The summed E-state index contributed by atoms with van der Waals surface area (Å²) in [6.07, 6.45) is 22.1. The summed E-state index contributed by atoms with van der Waals surface area (Å²) < 4.78 is 0. The Labute approximate surface area is 261 Å². The summed E-state index contributed by atoms with van der Waals surface area (Å²) in [5, 5.41) is 0. The SMILES string of the molecule is C1=CC2=C(CC1)C(c1ccccc1)c1ccc(C3=CC4C5C=CC(c6ccccc6)=CC5C(c5ccccc5)C4C=C3)cc12. The maximum atomic E-state index is 2.62. The number of benzene rings is 4. The molecule has 6 atom stereocenters. The second kappa shape index (κ2) is 10.5. The Balaban J connectivity index is 1.10. The van der Waals surface area contributed by atoms with Gasteiger partial charge in [-0.3, -0.25) is 0 Å². The van der Waals surface area contributed by atoms with Crippen molar-refractivity contribution in [2.75, 3.05) is 0 Å². The van der Waals surface area contributed by atoms with Gasteiger partial charge in [0.05, 0.1) is 0 Å². The zero-order chi connectivity index (χ0) is 29.0. The Bertz CT molecular complexity index is 1910. The van der Waals surface area contributed by atoms with Crippen LogP contribution in [0.2, 0.25) is 0 Å². The quantitative estimate of drug-likeness (QED) is 0.231. The lowest BCUT2D eigenvalue weighted by atomic mass is 9.78. The highest BCUT2D eigenvalue weighted by molar-refractivity contribution is 5.89. The molecular formula is C44H36. The fourth-order valence-electron chi connectivity index (χ4n) is 8.96. The fourth-order valence-corrected chi connectivity index (χ4v) is 8.96. The van der Waals surface area contributed by atoms with Crippen LogP contribution in [0.25, 0.3) is 16.7 Å². The highest BCUT2D eigenvalue weighted by Gasteiger charge is 2.49. The minimum atomic E-state index is 0.376. The summed E-state index contributed by atoms with van der Waals surface area (Å²) in [6.45, 7) is 0. The molecule has 0 aromatic heterocycles. The average Bonchev–Trinajstić information content (AvgIpc) is 3.61. The molecule has 0 N–H and O–H groups in total. The Morgan fingerprint density at radius 3 is 1.95 bits per heavy atom. The molecule has 6 unspecified atom stereocenters. The van der Waals surface area contributed by atoms with Crippen LogP contribution in [0, 0.1) is 23.7 Å². The van der Waals surface area contributed by atoms with Crippen molar-refractivity contribution in [3.05, 3.63) is 197 Å². The Morgan fingerprint density at radius 2 is 1.18 bits per heavy atom. The number of rotatable bonds is 4. The molecule has 0 heteroatoms. The monoisotopic (exact) mass is 564 g/mol. The van der Waals surface area contributed by atoms with Crippen molar-refractivity contribution in [1.82, 2.24) is 0 Å². The Hall–Kier alpha value is -4.68. The molecule has 0 spiro atoms. The van der Waals surface area contributed by atoms with Gasteiger partial charge in [0.1, 0.15) is 0 Å². The molecule has 0 saturated heterocycles. The largest absolute Gasteiger partial charge is 0.0836 e. The van der Waals surface area contributed by atoms with E-state index in [1.807, 2.05) is 0 Å². The van der Waals surface area contributed by atoms with Gasteiger partial charge in [0.15, 0.2) is 0 Å². The van der Waals surface area contributed by atoms with Crippen molar-refractivity contribution in [3.8, 4) is 0 Å². The lowest BCUT2D eigenvalue weighted by Gasteiger charge is -2.26. The van der Waals surface area contributed by atoms with E-state index in [1.54, 1.807) is 5.57 Å². The lowest BCUT2D eigenvalue weighted by molar-refractivity contribution is 0.463. The topological polar surface area (TPSA) is 0 Å². The van der Waals surface area contributed by atoms with E-state index >= 15 is 0 Å². The molecule has 5 aliphatic rings. The van der Waals surface area contributed by atoms with Gasteiger partial charge >= 0.3 is 0 Å². The van der Waals surface area contributed by atoms with E-state index in [0.29, 0.717) is 35.5 Å². The minimum Gasteiger partial charge on any atom is -0.0836 e. The van der Waals surface area contributed by atoms with E-state index in [1.165, 1.54) is 50.1 Å². The average molecular weight is 565 g/mol. The highest BCUT2D eigenvalue weighted by Crippen LogP contribution is 2.58. The Morgan fingerprint density at radius 1 is 0.523 bits per heavy atom. The first-order valence-electron chi connectivity index (χ1n) is 16.3. The maximum Gasteiger partial charge on any atom is 0.0314 e. The molecule has 5 aliphatic carbocycles. The number of hydrogen-bond donors (Lipinski definition) is 0. The molecule has 44 heavy (non-hydrogen) atoms. The van der Waals surface area contributed by atoms with Crippen LogP contribution in [0.15, 0.2) is 163 Å². The molecule has 0 amide bonds. The zero-order valence-electron chi connectivity index (χ0n) is 24.9. The fraction of sp³-hybridized carbons (Fsp3) is 0.182. The smallest absolute Gasteiger partial charge is 0.0314 e. The second-order valence-corrected chi connectivity index (χ2v) is 13.1. The van der Waals surface area contributed by atoms with Crippen molar-refractivity contribution < 1.29 is 0 Å². The van der Waals surface area contributed by atoms with Crippen molar-refractivity contribution in [2.24, 2.45) is 23.7 Å². The van der Waals surface area contributed by atoms with Crippen molar-refractivity contribution >= 4 is 16.7 Å².